The summed E-state index contributed by atoms with van der Waals surface area (Å²) in [5, 5.41) is 13.3. The first kappa shape index (κ1) is 28.0. The lowest BCUT2D eigenvalue weighted by Gasteiger charge is -2.27. The minimum absolute atomic E-state index is 0.114. The number of fused-ring (bicyclic) bond motifs is 1. The molecule has 1 aliphatic rings. The highest BCUT2D eigenvalue weighted by atomic mass is 35.5. The molecule has 1 heterocycles. The molecule has 2 amide bonds. The van der Waals surface area contributed by atoms with Crippen molar-refractivity contribution in [1.82, 2.24) is 5.32 Å². The highest BCUT2D eigenvalue weighted by molar-refractivity contribution is 7.99. The predicted octanol–water partition coefficient (Wildman–Crippen LogP) is 5.61. The Morgan fingerprint density at radius 2 is 1.81 bits per heavy atom. The number of alkyl carbamates (subject to hydrolysis) is 1. The van der Waals surface area contributed by atoms with Gasteiger partial charge in [0.2, 0.25) is 0 Å². The third-order valence-corrected chi connectivity index (χ3v) is 6.86. The number of hydrogen-bond donors (Lipinski definition) is 2. The van der Waals surface area contributed by atoms with Gasteiger partial charge >= 0.3 is 6.09 Å². The Morgan fingerprint density at radius 1 is 1.14 bits per heavy atom. The fourth-order valence-electron chi connectivity index (χ4n) is 3.63. The normalized spacial score (nSPS) is 16.2. The second-order valence-corrected chi connectivity index (χ2v) is 12.0. The molecule has 0 radical (unpaired) electrons. The minimum Gasteiger partial charge on any atom is -0.444 e. The minimum atomic E-state index is -0.950. The number of nitrogens with zero attached hydrogens (tertiary/aromatic N) is 1. The number of amides is 2. The molecule has 2 aromatic rings. The van der Waals surface area contributed by atoms with Gasteiger partial charge < -0.3 is 20.1 Å². The molecule has 7 nitrogen and oxygen atoms in total. The van der Waals surface area contributed by atoms with Crippen LogP contribution in [-0.4, -0.2) is 45.9 Å². The van der Waals surface area contributed by atoms with E-state index in [2.05, 4.69) is 5.32 Å². The molecule has 0 saturated heterocycles. The molecule has 0 bridgehead atoms. The highest BCUT2D eigenvalue weighted by Gasteiger charge is 2.33. The van der Waals surface area contributed by atoms with E-state index >= 15 is 0 Å². The fraction of sp³-hybridized carbons (Fsp3) is 0.444. The Hall–Kier alpha value is -2.55. The van der Waals surface area contributed by atoms with Gasteiger partial charge in [0.25, 0.3) is 5.91 Å². The molecule has 9 heteroatoms. The standard InChI is InChI=1S/C27H33ClN2O5S/c1-26(2,3)35-25(33)29-20-16-36-23-11-8-18(22(31)12-13-27(4,5)34)14-21(23)30(24(20)32)15-17-6-9-19(28)10-7-17/h6-11,14,20,34H,12-13,15-16H2,1-5H3,(H,29,33)/t20-/m0/s1. The van der Waals surface area contributed by atoms with Crippen LogP contribution in [0.2, 0.25) is 5.02 Å². The first-order valence-corrected chi connectivity index (χ1v) is 13.2. The van der Waals surface area contributed by atoms with E-state index in [0.29, 0.717) is 28.4 Å². The first-order chi connectivity index (χ1) is 16.7. The second kappa shape index (κ2) is 11.2. The molecule has 194 valence electrons. The van der Waals surface area contributed by atoms with E-state index in [1.54, 1.807) is 63.8 Å². The van der Waals surface area contributed by atoms with Gasteiger partial charge in [0.05, 0.1) is 17.8 Å². The molecule has 0 spiro atoms. The van der Waals surface area contributed by atoms with Gasteiger partial charge in [-0.1, -0.05) is 29.8 Å². The molecule has 2 aromatic carbocycles. The van der Waals surface area contributed by atoms with Crippen LogP contribution in [0.5, 0.6) is 0 Å². The van der Waals surface area contributed by atoms with Crippen molar-refractivity contribution in [3.05, 3.63) is 58.6 Å². The van der Waals surface area contributed by atoms with Crippen molar-refractivity contribution in [3.63, 3.8) is 0 Å². The average Bonchev–Trinajstić information content (AvgIpc) is 2.89. The Labute approximate surface area is 221 Å². The summed E-state index contributed by atoms with van der Waals surface area (Å²) in [6.45, 7) is 8.84. The lowest BCUT2D eigenvalue weighted by molar-refractivity contribution is -0.120. The molecule has 0 aliphatic carbocycles. The van der Waals surface area contributed by atoms with Crippen LogP contribution in [0.4, 0.5) is 10.5 Å². The number of aliphatic hydroxyl groups is 1. The van der Waals surface area contributed by atoms with Gasteiger partial charge in [-0.3, -0.25) is 9.59 Å². The van der Waals surface area contributed by atoms with Crippen molar-refractivity contribution < 1.29 is 24.2 Å². The summed E-state index contributed by atoms with van der Waals surface area (Å²) in [4.78, 5) is 41.5. The summed E-state index contributed by atoms with van der Waals surface area (Å²) >= 11 is 7.47. The number of ether oxygens (including phenoxy) is 1. The number of Topliss-reactive ketones (excluding diaryl/α,β-unsaturated/α-hetero) is 1. The molecule has 3 rings (SSSR count). The molecule has 0 saturated carbocycles. The van der Waals surface area contributed by atoms with Crippen LogP contribution in [0.25, 0.3) is 0 Å². The van der Waals surface area contributed by atoms with Gasteiger partial charge in [-0.05, 0) is 70.9 Å². The maximum absolute atomic E-state index is 13.7. The number of carbonyl (C=O) groups excluding carboxylic acids is 3. The van der Waals surface area contributed by atoms with E-state index in [1.807, 2.05) is 18.2 Å². The Kier molecular flexibility index (Phi) is 8.75. The number of thioether (sulfide) groups is 1. The summed E-state index contributed by atoms with van der Waals surface area (Å²) in [7, 11) is 0. The molecular formula is C27H33ClN2O5S. The number of ketones is 1. The highest BCUT2D eigenvalue weighted by Crippen LogP contribution is 2.37. The van der Waals surface area contributed by atoms with Gasteiger partial charge in [-0.25, -0.2) is 4.79 Å². The molecular weight excluding hydrogens is 500 g/mol. The Bertz CT molecular complexity index is 1120. The number of halogens is 1. The van der Waals surface area contributed by atoms with Gasteiger partial charge in [-0.15, -0.1) is 11.8 Å². The van der Waals surface area contributed by atoms with E-state index in [-0.39, 0.29) is 24.7 Å². The maximum Gasteiger partial charge on any atom is 0.408 e. The fourth-order valence-corrected chi connectivity index (χ4v) is 4.81. The van der Waals surface area contributed by atoms with Crippen LogP contribution in [0.3, 0.4) is 0 Å². The van der Waals surface area contributed by atoms with Crippen molar-refractivity contribution in [2.75, 3.05) is 10.7 Å². The lowest BCUT2D eigenvalue weighted by Crippen LogP contribution is -2.50. The van der Waals surface area contributed by atoms with E-state index < -0.39 is 23.3 Å². The zero-order valence-corrected chi connectivity index (χ0v) is 22.8. The van der Waals surface area contributed by atoms with Gasteiger partial charge in [0, 0.05) is 27.7 Å². The number of hydrogen-bond acceptors (Lipinski definition) is 6. The van der Waals surface area contributed by atoms with Crippen molar-refractivity contribution in [2.24, 2.45) is 0 Å². The van der Waals surface area contributed by atoms with Gasteiger partial charge in [0.15, 0.2) is 5.78 Å². The van der Waals surface area contributed by atoms with E-state index in [9.17, 15) is 19.5 Å². The Balaban J connectivity index is 1.94. The largest absolute Gasteiger partial charge is 0.444 e. The van der Waals surface area contributed by atoms with Crippen LogP contribution < -0.4 is 10.2 Å². The van der Waals surface area contributed by atoms with Crippen LogP contribution in [0, 0.1) is 0 Å². The van der Waals surface area contributed by atoms with Gasteiger partial charge in [0.1, 0.15) is 11.6 Å². The summed E-state index contributed by atoms with van der Waals surface area (Å²) in [5.41, 5.74) is 0.262. The van der Waals surface area contributed by atoms with E-state index in [0.717, 1.165) is 10.5 Å². The third kappa shape index (κ3) is 7.98. The molecule has 1 atom stereocenters. The van der Waals surface area contributed by atoms with Crippen LogP contribution >= 0.6 is 23.4 Å². The monoisotopic (exact) mass is 532 g/mol. The number of nitrogens with one attached hydrogen (secondary N) is 1. The summed E-state index contributed by atoms with van der Waals surface area (Å²) in [6, 6.07) is 11.6. The Morgan fingerprint density at radius 3 is 2.42 bits per heavy atom. The smallest absolute Gasteiger partial charge is 0.408 e. The molecule has 0 unspecified atom stereocenters. The number of carbonyl (C=O) groups is 3. The number of rotatable bonds is 7. The van der Waals surface area contributed by atoms with Crippen molar-refractivity contribution in [3.8, 4) is 0 Å². The zero-order chi connectivity index (χ0) is 26.7. The van der Waals surface area contributed by atoms with Crippen molar-refractivity contribution in [2.45, 2.75) is 76.1 Å². The number of benzene rings is 2. The van der Waals surface area contributed by atoms with Crippen LogP contribution in [0.15, 0.2) is 47.4 Å². The first-order valence-electron chi connectivity index (χ1n) is 11.8. The van der Waals surface area contributed by atoms with E-state index in [1.165, 1.54) is 11.8 Å². The SMILES string of the molecule is CC(C)(O)CCC(=O)c1ccc2c(c1)N(Cc1ccc(Cl)cc1)C(=O)[C@@H](NC(=O)OC(C)(C)C)CS2. The zero-order valence-electron chi connectivity index (χ0n) is 21.3. The van der Waals surface area contributed by atoms with Gasteiger partial charge in [-0.2, -0.15) is 0 Å². The molecule has 0 fully saturated rings. The van der Waals surface area contributed by atoms with Crippen molar-refractivity contribution in [1.29, 1.82) is 0 Å². The summed E-state index contributed by atoms with van der Waals surface area (Å²) in [5.74, 6) is -0.103. The maximum atomic E-state index is 13.7. The number of anilines is 1. The molecule has 36 heavy (non-hydrogen) atoms. The summed E-state index contributed by atoms with van der Waals surface area (Å²) < 4.78 is 5.37. The quantitative estimate of drug-likeness (QED) is 0.450. The third-order valence-electron chi connectivity index (χ3n) is 5.45. The molecule has 1 aliphatic heterocycles. The van der Waals surface area contributed by atoms with E-state index in [4.69, 9.17) is 16.3 Å². The van der Waals surface area contributed by atoms with Crippen molar-refractivity contribution >= 4 is 46.8 Å². The molecule has 2 N–H and O–H groups in total. The second-order valence-electron chi connectivity index (χ2n) is 10.5. The lowest BCUT2D eigenvalue weighted by atomic mass is 9.97. The molecule has 0 aromatic heterocycles. The van der Waals surface area contributed by atoms with Crippen LogP contribution in [0.1, 0.15) is 63.4 Å². The van der Waals surface area contributed by atoms with Crippen LogP contribution in [-0.2, 0) is 16.1 Å². The summed E-state index contributed by atoms with van der Waals surface area (Å²) in [6.07, 6.45) is -0.155. The predicted molar refractivity (Wildman–Crippen MR) is 143 cm³/mol. The topological polar surface area (TPSA) is 95.9 Å². The average molecular weight is 533 g/mol.